The van der Waals surface area contributed by atoms with E-state index in [1.54, 1.807) is 12.1 Å². The Balaban J connectivity index is 1.65. The van der Waals surface area contributed by atoms with Gasteiger partial charge in [0.1, 0.15) is 0 Å². The highest BCUT2D eigenvalue weighted by atomic mass is 16.3. The minimum Gasteiger partial charge on any atom is -0.459 e. The van der Waals surface area contributed by atoms with E-state index in [-0.39, 0.29) is 23.6 Å². The molecule has 5 nitrogen and oxygen atoms in total. The molecule has 0 aromatic carbocycles. The Morgan fingerprint density at radius 2 is 2.25 bits per heavy atom. The molecule has 0 aliphatic heterocycles. The van der Waals surface area contributed by atoms with Gasteiger partial charge >= 0.3 is 0 Å². The van der Waals surface area contributed by atoms with Crippen LogP contribution in [0.15, 0.2) is 22.8 Å². The van der Waals surface area contributed by atoms with Crippen LogP contribution in [0.25, 0.3) is 0 Å². The van der Waals surface area contributed by atoms with Crippen molar-refractivity contribution < 1.29 is 14.0 Å². The van der Waals surface area contributed by atoms with Crippen LogP contribution >= 0.6 is 0 Å². The van der Waals surface area contributed by atoms with Crippen molar-refractivity contribution in [1.82, 2.24) is 10.6 Å². The van der Waals surface area contributed by atoms with Crippen molar-refractivity contribution in [2.75, 3.05) is 6.54 Å². The van der Waals surface area contributed by atoms with Gasteiger partial charge in [0.25, 0.3) is 5.91 Å². The number of carbonyl (C=O) groups excluding carboxylic acids is 2. The van der Waals surface area contributed by atoms with Gasteiger partial charge in [0.2, 0.25) is 5.91 Å². The van der Waals surface area contributed by atoms with E-state index in [1.807, 2.05) is 0 Å². The van der Waals surface area contributed by atoms with E-state index in [4.69, 9.17) is 4.42 Å². The molecule has 0 bridgehead atoms. The number of amides is 2. The van der Waals surface area contributed by atoms with Crippen molar-refractivity contribution in [3.8, 4) is 0 Å². The van der Waals surface area contributed by atoms with Crippen LogP contribution in [0.3, 0.4) is 0 Å². The maximum Gasteiger partial charge on any atom is 0.286 e. The molecule has 1 heterocycles. The van der Waals surface area contributed by atoms with E-state index in [9.17, 15) is 9.59 Å². The van der Waals surface area contributed by atoms with Gasteiger partial charge < -0.3 is 15.1 Å². The molecule has 1 aliphatic carbocycles. The van der Waals surface area contributed by atoms with E-state index >= 15 is 0 Å². The number of furan rings is 1. The third-order valence-electron chi connectivity index (χ3n) is 3.72. The quantitative estimate of drug-likeness (QED) is 0.866. The largest absolute Gasteiger partial charge is 0.459 e. The number of rotatable bonds is 5. The lowest BCUT2D eigenvalue weighted by atomic mass is 9.92. The minimum absolute atomic E-state index is 0.00700. The SMILES string of the molecule is CC1(C)CCC(NC(=O)CCNC(=O)c2ccco2)C1. The van der Waals surface area contributed by atoms with Gasteiger partial charge in [-0.05, 0) is 36.8 Å². The second-order valence-electron chi connectivity index (χ2n) is 6.15. The summed E-state index contributed by atoms with van der Waals surface area (Å²) in [4.78, 5) is 23.4. The summed E-state index contributed by atoms with van der Waals surface area (Å²) in [5, 5.41) is 5.69. The fraction of sp³-hybridized carbons (Fsp3) is 0.600. The normalized spacial score (nSPS) is 20.6. The number of hydrogen-bond donors (Lipinski definition) is 2. The first kappa shape index (κ1) is 14.6. The van der Waals surface area contributed by atoms with Crippen LogP contribution in [-0.2, 0) is 4.79 Å². The van der Waals surface area contributed by atoms with Gasteiger partial charge in [-0.15, -0.1) is 0 Å². The lowest BCUT2D eigenvalue weighted by molar-refractivity contribution is -0.121. The minimum atomic E-state index is -0.287. The van der Waals surface area contributed by atoms with Gasteiger partial charge in [-0.25, -0.2) is 0 Å². The third-order valence-corrected chi connectivity index (χ3v) is 3.72. The summed E-state index contributed by atoms with van der Waals surface area (Å²) in [7, 11) is 0. The first-order chi connectivity index (χ1) is 9.46. The second-order valence-corrected chi connectivity index (χ2v) is 6.15. The molecule has 0 saturated heterocycles. The van der Waals surface area contributed by atoms with Crippen molar-refractivity contribution in [3.05, 3.63) is 24.2 Å². The lowest BCUT2D eigenvalue weighted by Crippen LogP contribution is -2.36. The molecule has 2 N–H and O–H groups in total. The zero-order valence-electron chi connectivity index (χ0n) is 12.1. The van der Waals surface area contributed by atoms with Crippen LogP contribution < -0.4 is 10.6 Å². The fourth-order valence-corrected chi connectivity index (χ4v) is 2.64. The van der Waals surface area contributed by atoms with Gasteiger partial charge in [0, 0.05) is 19.0 Å². The summed E-state index contributed by atoms with van der Waals surface area (Å²) < 4.78 is 4.97. The second kappa shape index (κ2) is 6.11. The van der Waals surface area contributed by atoms with E-state index in [0.29, 0.717) is 18.4 Å². The number of carbonyl (C=O) groups is 2. The molecule has 110 valence electrons. The molecule has 1 aliphatic rings. The zero-order valence-corrected chi connectivity index (χ0v) is 12.1. The predicted octanol–water partition coefficient (Wildman–Crippen LogP) is 2.09. The van der Waals surface area contributed by atoms with Crippen LogP contribution in [0.2, 0.25) is 0 Å². The van der Waals surface area contributed by atoms with Gasteiger partial charge in [-0.2, -0.15) is 0 Å². The Hall–Kier alpha value is -1.78. The molecule has 1 aromatic rings. The van der Waals surface area contributed by atoms with Gasteiger partial charge in [-0.1, -0.05) is 13.8 Å². The molecule has 1 fully saturated rings. The van der Waals surface area contributed by atoms with Gasteiger partial charge in [0.15, 0.2) is 5.76 Å². The molecule has 1 unspecified atom stereocenters. The maximum absolute atomic E-state index is 11.8. The van der Waals surface area contributed by atoms with E-state index in [1.165, 1.54) is 6.26 Å². The molecule has 0 spiro atoms. The van der Waals surface area contributed by atoms with E-state index in [0.717, 1.165) is 19.3 Å². The van der Waals surface area contributed by atoms with Crippen molar-refractivity contribution in [2.45, 2.75) is 45.6 Å². The van der Waals surface area contributed by atoms with Crippen LogP contribution in [0, 0.1) is 5.41 Å². The van der Waals surface area contributed by atoms with Crippen molar-refractivity contribution in [1.29, 1.82) is 0 Å². The summed E-state index contributed by atoms with van der Waals surface area (Å²) in [5.41, 5.74) is 0.325. The highest BCUT2D eigenvalue weighted by Gasteiger charge is 2.31. The molecule has 20 heavy (non-hydrogen) atoms. The zero-order chi connectivity index (χ0) is 14.6. The van der Waals surface area contributed by atoms with Crippen molar-refractivity contribution >= 4 is 11.8 Å². The number of nitrogens with one attached hydrogen (secondary N) is 2. The molecular formula is C15H22N2O3. The molecule has 0 radical (unpaired) electrons. The lowest BCUT2D eigenvalue weighted by Gasteiger charge is -2.17. The monoisotopic (exact) mass is 278 g/mol. The van der Waals surface area contributed by atoms with E-state index < -0.39 is 0 Å². The highest BCUT2D eigenvalue weighted by molar-refractivity contribution is 5.91. The molecular weight excluding hydrogens is 256 g/mol. The fourth-order valence-electron chi connectivity index (χ4n) is 2.64. The maximum atomic E-state index is 11.8. The summed E-state index contributed by atoms with van der Waals surface area (Å²) in [6.07, 6.45) is 4.95. The average molecular weight is 278 g/mol. The highest BCUT2D eigenvalue weighted by Crippen LogP contribution is 2.36. The predicted molar refractivity (Wildman–Crippen MR) is 75.2 cm³/mol. The van der Waals surface area contributed by atoms with Crippen molar-refractivity contribution in [2.24, 2.45) is 5.41 Å². The summed E-state index contributed by atoms with van der Waals surface area (Å²) in [6, 6.07) is 3.53. The van der Waals surface area contributed by atoms with Crippen LogP contribution in [0.1, 0.15) is 50.1 Å². The first-order valence-corrected chi connectivity index (χ1v) is 7.07. The van der Waals surface area contributed by atoms with Crippen LogP contribution in [-0.4, -0.2) is 24.4 Å². The first-order valence-electron chi connectivity index (χ1n) is 7.07. The Bertz CT molecular complexity index is 465. The molecule has 2 amide bonds. The Labute approximate surface area is 119 Å². The molecule has 1 saturated carbocycles. The molecule has 2 rings (SSSR count). The Morgan fingerprint density at radius 1 is 1.45 bits per heavy atom. The van der Waals surface area contributed by atoms with Crippen LogP contribution in [0.5, 0.6) is 0 Å². The summed E-state index contributed by atoms with van der Waals surface area (Å²) >= 11 is 0. The Kier molecular flexibility index (Phi) is 4.47. The topological polar surface area (TPSA) is 71.3 Å². The van der Waals surface area contributed by atoms with Gasteiger partial charge in [0.05, 0.1) is 6.26 Å². The van der Waals surface area contributed by atoms with Crippen LogP contribution in [0.4, 0.5) is 0 Å². The third kappa shape index (κ3) is 4.11. The Morgan fingerprint density at radius 3 is 2.85 bits per heavy atom. The summed E-state index contributed by atoms with van der Waals surface area (Å²) in [5.74, 6) is -0.0276. The standard InChI is InChI=1S/C15H22N2O3/c1-15(2)7-5-11(10-15)17-13(18)6-8-16-14(19)12-4-3-9-20-12/h3-4,9,11H,5-8,10H2,1-2H3,(H,16,19)(H,17,18). The molecule has 1 atom stereocenters. The van der Waals surface area contributed by atoms with Crippen molar-refractivity contribution in [3.63, 3.8) is 0 Å². The van der Waals surface area contributed by atoms with E-state index in [2.05, 4.69) is 24.5 Å². The molecule has 1 aromatic heterocycles. The molecule has 5 heteroatoms. The smallest absolute Gasteiger partial charge is 0.286 e. The summed E-state index contributed by atoms with van der Waals surface area (Å²) in [6.45, 7) is 4.77. The average Bonchev–Trinajstić information content (AvgIpc) is 2.98. The number of hydrogen-bond acceptors (Lipinski definition) is 3. The van der Waals surface area contributed by atoms with Gasteiger partial charge in [-0.3, -0.25) is 9.59 Å².